The number of carbonyl (C=O) groups excluding carboxylic acids is 1. The largest absolute Gasteiger partial charge is 0.318 e. The Morgan fingerprint density at radius 1 is 1.58 bits per heavy atom. The van der Waals surface area contributed by atoms with Gasteiger partial charge in [0.05, 0.1) is 0 Å². The van der Waals surface area contributed by atoms with Crippen LogP contribution in [0.3, 0.4) is 0 Å². The standard InChI is InChI=1S/C8H7BrClNO/c1-5-4-6(9)2-3-7(5)11-8(10)12/h2-4H,1H3,(H,11,12). The summed E-state index contributed by atoms with van der Waals surface area (Å²) < 4.78 is 0.979. The van der Waals surface area contributed by atoms with Gasteiger partial charge in [0.1, 0.15) is 0 Å². The maximum Gasteiger partial charge on any atom is 0.318 e. The fourth-order valence-corrected chi connectivity index (χ4v) is 1.45. The number of anilines is 1. The van der Waals surface area contributed by atoms with Crippen molar-refractivity contribution in [2.45, 2.75) is 6.92 Å². The molecule has 0 aliphatic heterocycles. The van der Waals surface area contributed by atoms with E-state index in [2.05, 4.69) is 21.2 Å². The van der Waals surface area contributed by atoms with Crippen molar-refractivity contribution in [3.63, 3.8) is 0 Å². The number of carbonyl (C=O) groups is 1. The normalized spacial score (nSPS) is 9.58. The average molecular weight is 249 g/mol. The van der Waals surface area contributed by atoms with Crippen LogP contribution in [0.15, 0.2) is 22.7 Å². The molecule has 0 atom stereocenters. The monoisotopic (exact) mass is 247 g/mol. The first-order valence-electron chi connectivity index (χ1n) is 3.32. The van der Waals surface area contributed by atoms with Crippen molar-refractivity contribution in [1.82, 2.24) is 0 Å². The van der Waals surface area contributed by atoms with E-state index in [0.29, 0.717) is 0 Å². The first kappa shape index (κ1) is 9.55. The Labute approximate surface area is 84.0 Å². The van der Waals surface area contributed by atoms with Crippen LogP contribution in [0.5, 0.6) is 0 Å². The average Bonchev–Trinajstić information content (AvgIpc) is 1.94. The highest BCUT2D eigenvalue weighted by molar-refractivity contribution is 9.10. The molecule has 64 valence electrons. The van der Waals surface area contributed by atoms with Crippen LogP contribution in [-0.4, -0.2) is 5.37 Å². The molecule has 0 heterocycles. The van der Waals surface area contributed by atoms with E-state index < -0.39 is 5.37 Å². The Balaban J connectivity index is 2.93. The lowest BCUT2D eigenvalue weighted by atomic mass is 10.2. The number of halogens is 2. The fourth-order valence-electron chi connectivity index (χ4n) is 0.873. The maximum atomic E-state index is 10.5. The molecule has 0 aromatic heterocycles. The highest BCUT2D eigenvalue weighted by Gasteiger charge is 2.00. The van der Waals surface area contributed by atoms with Gasteiger partial charge in [0.25, 0.3) is 0 Å². The Morgan fingerprint density at radius 3 is 2.75 bits per heavy atom. The van der Waals surface area contributed by atoms with Gasteiger partial charge in [-0.25, -0.2) is 0 Å². The van der Waals surface area contributed by atoms with E-state index in [-0.39, 0.29) is 0 Å². The molecule has 4 heteroatoms. The van der Waals surface area contributed by atoms with Crippen LogP contribution in [0.2, 0.25) is 0 Å². The van der Waals surface area contributed by atoms with Crippen LogP contribution in [0.25, 0.3) is 0 Å². The van der Waals surface area contributed by atoms with Crippen molar-refractivity contribution in [1.29, 1.82) is 0 Å². The molecule has 1 N–H and O–H groups in total. The molecule has 0 unspecified atom stereocenters. The Kier molecular flexibility index (Phi) is 3.12. The molecule has 1 rings (SSSR count). The van der Waals surface area contributed by atoms with Gasteiger partial charge in [-0.05, 0) is 42.3 Å². The number of aryl methyl sites for hydroxylation is 1. The molecular weight excluding hydrogens is 241 g/mol. The highest BCUT2D eigenvalue weighted by atomic mass is 79.9. The van der Waals surface area contributed by atoms with E-state index >= 15 is 0 Å². The lowest BCUT2D eigenvalue weighted by molar-refractivity contribution is 0.269. The maximum absolute atomic E-state index is 10.5. The minimum Gasteiger partial charge on any atom is -0.312 e. The minimum atomic E-state index is -0.569. The molecule has 0 saturated heterocycles. The summed E-state index contributed by atoms with van der Waals surface area (Å²) in [5.41, 5.74) is 1.71. The molecule has 12 heavy (non-hydrogen) atoms. The van der Waals surface area contributed by atoms with Gasteiger partial charge in [0.2, 0.25) is 0 Å². The van der Waals surface area contributed by atoms with E-state index in [1.165, 1.54) is 0 Å². The smallest absolute Gasteiger partial charge is 0.312 e. The number of nitrogens with one attached hydrogen (secondary N) is 1. The van der Waals surface area contributed by atoms with Gasteiger partial charge in [-0.15, -0.1) is 0 Å². The zero-order chi connectivity index (χ0) is 9.14. The van der Waals surface area contributed by atoms with Gasteiger partial charge in [-0.2, -0.15) is 0 Å². The van der Waals surface area contributed by atoms with Crippen molar-refractivity contribution in [3.05, 3.63) is 28.2 Å². The van der Waals surface area contributed by atoms with Gasteiger partial charge in [0.15, 0.2) is 0 Å². The summed E-state index contributed by atoms with van der Waals surface area (Å²) in [6.07, 6.45) is 0. The number of rotatable bonds is 1. The Morgan fingerprint density at radius 2 is 2.25 bits per heavy atom. The topological polar surface area (TPSA) is 29.1 Å². The number of benzene rings is 1. The number of hydrogen-bond acceptors (Lipinski definition) is 1. The highest BCUT2D eigenvalue weighted by Crippen LogP contribution is 2.20. The van der Waals surface area contributed by atoms with Crippen molar-refractivity contribution >= 4 is 38.6 Å². The second-order valence-corrected chi connectivity index (χ2v) is 3.62. The quantitative estimate of drug-likeness (QED) is 0.598. The SMILES string of the molecule is Cc1cc(Br)ccc1NC(=O)Cl. The lowest BCUT2D eigenvalue weighted by Gasteiger charge is -2.04. The molecule has 2 nitrogen and oxygen atoms in total. The van der Waals surface area contributed by atoms with Gasteiger partial charge in [-0.1, -0.05) is 15.9 Å². The molecule has 0 fully saturated rings. The number of hydrogen-bond donors (Lipinski definition) is 1. The minimum absolute atomic E-state index is 0.569. The third-order valence-electron chi connectivity index (χ3n) is 1.42. The van der Waals surface area contributed by atoms with Crippen molar-refractivity contribution < 1.29 is 4.79 Å². The first-order chi connectivity index (χ1) is 5.59. The summed E-state index contributed by atoms with van der Waals surface area (Å²) in [6.45, 7) is 1.90. The summed E-state index contributed by atoms with van der Waals surface area (Å²) >= 11 is 8.48. The predicted octanol–water partition coefficient (Wildman–Crippen LogP) is 3.53. The van der Waals surface area contributed by atoms with Crippen molar-refractivity contribution in [3.8, 4) is 0 Å². The van der Waals surface area contributed by atoms with Crippen LogP contribution < -0.4 is 5.32 Å². The van der Waals surface area contributed by atoms with Gasteiger partial charge >= 0.3 is 5.37 Å². The summed E-state index contributed by atoms with van der Waals surface area (Å²) in [4.78, 5) is 10.5. The predicted molar refractivity (Wildman–Crippen MR) is 53.8 cm³/mol. The summed E-state index contributed by atoms with van der Waals surface area (Å²) in [6, 6.07) is 5.54. The molecular formula is C8H7BrClNO. The lowest BCUT2D eigenvalue weighted by Crippen LogP contribution is -2.02. The molecule has 0 aliphatic carbocycles. The molecule has 0 bridgehead atoms. The molecule has 1 aromatic carbocycles. The van der Waals surface area contributed by atoms with Crippen molar-refractivity contribution in [2.75, 3.05) is 5.32 Å². The molecule has 1 amide bonds. The molecule has 0 aliphatic rings. The Bertz CT molecular complexity index is 314. The second-order valence-electron chi connectivity index (χ2n) is 2.36. The van der Waals surface area contributed by atoms with Crippen LogP contribution in [0, 0.1) is 6.92 Å². The number of amides is 1. The van der Waals surface area contributed by atoms with Gasteiger partial charge < -0.3 is 5.32 Å². The fraction of sp³-hybridized carbons (Fsp3) is 0.125. The third kappa shape index (κ3) is 2.50. The van der Waals surface area contributed by atoms with Crippen LogP contribution >= 0.6 is 27.5 Å². The summed E-state index contributed by atoms with van der Waals surface area (Å²) in [7, 11) is 0. The van der Waals surface area contributed by atoms with Crippen LogP contribution in [0.1, 0.15) is 5.56 Å². The molecule has 0 spiro atoms. The Hall–Kier alpha value is -0.540. The second kappa shape index (κ2) is 3.92. The van der Waals surface area contributed by atoms with Gasteiger partial charge in [-0.3, -0.25) is 4.79 Å². The van der Waals surface area contributed by atoms with Crippen LogP contribution in [-0.2, 0) is 0 Å². The van der Waals surface area contributed by atoms with E-state index in [4.69, 9.17) is 11.6 Å². The zero-order valence-corrected chi connectivity index (χ0v) is 8.74. The molecule has 0 radical (unpaired) electrons. The summed E-state index contributed by atoms with van der Waals surface area (Å²) in [5, 5.41) is 1.94. The molecule has 1 aromatic rings. The van der Waals surface area contributed by atoms with Gasteiger partial charge in [0, 0.05) is 10.2 Å². The first-order valence-corrected chi connectivity index (χ1v) is 4.49. The summed E-state index contributed by atoms with van der Waals surface area (Å²) in [5.74, 6) is 0. The zero-order valence-electron chi connectivity index (χ0n) is 6.40. The van der Waals surface area contributed by atoms with E-state index in [1.54, 1.807) is 6.07 Å². The van der Waals surface area contributed by atoms with E-state index in [1.807, 2.05) is 19.1 Å². The van der Waals surface area contributed by atoms with E-state index in [0.717, 1.165) is 15.7 Å². The molecule has 0 saturated carbocycles. The van der Waals surface area contributed by atoms with Crippen LogP contribution in [0.4, 0.5) is 10.5 Å². The third-order valence-corrected chi connectivity index (χ3v) is 2.01. The van der Waals surface area contributed by atoms with E-state index in [9.17, 15) is 4.79 Å². The van der Waals surface area contributed by atoms with Crippen molar-refractivity contribution in [2.24, 2.45) is 0 Å².